The molecule has 6 heteroatoms. The number of carbonyl (C=O) groups is 1. The summed E-state index contributed by atoms with van der Waals surface area (Å²) in [4.78, 5) is 15.3. The number of amides is 1. The summed E-state index contributed by atoms with van der Waals surface area (Å²) in [5, 5.41) is 7.54. The number of hydrogen-bond acceptors (Lipinski definition) is 3. The third-order valence-electron chi connectivity index (χ3n) is 5.59. The van der Waals surface area contributed by atoms with Crippen LogP contribution in [-0.2, 0) is 6.54 Å². The van der Waals surface area contributed by atoms with Crippen molar-refractivity contribution < 1.29 is 9.53 Å². The van der Waals surface area contributed by atoms with Gasteiger partial charge >= 0.3 is 0 Å². The molecule has 0 saturated carbocycles. The Morgan fingerprint density at radius 3 is 2.52 bits per heavy atom. The van der Waals surface area contributed by atoms with E-state index in [9.17, 15) is 4.79 Å². The third kappa shape index (κ3) is 3.53. The molecular formula is C25H20BrN3O2. The van der Waals surface area contributed by atoms with Crippen LogP contribution in [0.5, 0.6) is 5.75 Å². The Morgan fingerprint density at radius 1 is 1.03 bits per heavy atom. The van der Waals surface area contributed by atoms with Gasteiger partial charge in [-0.05, 0) is 47.5 Å². The summed E-state index contributed by atoms with van der Waals surface area (Å²) in [5.41, 5.74) is 5.30. The third-order valence-corrected chi connectivity index (χ3v) is 6.08. The normalized spacial score (nSPS) is 15.2. The lowest BCUT2D eigenvalue weighted by atomic mass is 9.96. The fourth-order valence-electron chi connectivity index (χ4n) is 4.13. The standard InChI is InChI=1S/C25H20BrN3O2/c1-31-20-12-10-17(11-13-20)22-21-23(28-27-22)25(30)29(15-16-6-3-2-4-7-16)24(21)18-8-5-9-19(26)14-18/h2-14,24H,15H2,1H3,(H,27,28). The molecule has 0 spiro atoms. The van der Waals surface area contributed by atoms with Crippen molar-refractivity contribution in [1.82, 2.24) is 15.1 Å². The number of carbonyl (C=O) groups excluding carboxylic acids is 1. The van der Waals surface area contributed by atoms with E-state index >= 15 is 0 Å². The first-order valence-corrected chi connectivity index (χ1v) is 10.8. The summed E-state index contributed by atoms with van der Waals surface area (Å²) in [5.74, 6) is 0.734. The number of methoxy groups -OCH3 is 1. The molecule has 1 aliphatic rings. The van der Waals surface area contributed by atoms with E-state index in [0.717, 1.165) is 38.2 Å². The first-order chi connectivity index (χ1) is 15.2. The number of rotatable bonds is 5. The summed E-state index contributed by atoms with van der Waals surface area (Å²) in [6.07, 6.45) is 0. The second-order valence-electron chi connectivity index (χ2n) is 7.47. The van der Waals surface area contributed by atoms with Crippen LogP contribution >= 0.6 is 15.9 Å². The molecule has 2 heterocycles. The van der Waals surface area contributed by atoms with Crippen molar-refractivity contribution in [3.8, 4) is 17.0 Å². The first-order valence-electron chi connectivity index (χ1n) is 9.99. The number of aromatic amines is 1. The molecule has 1 aromatic heterocycles. The lowest BCUT2D eigenvalue weighted by Gasteiger charge is -2.26. The van der Waals surface area contributed by atoms with Crippen molar-refractivity contribution in [2.24, 2.45) is 0 Å². The van der Waals surface area contributed by atoms with Crippen molar-refractivity contribution in [3.63, 3.8) is 0 Å². The number of benzene rings is 3. The minimum atomic E-state index is -0.240. The van der Waals surface area contributed by atoms with Gasteiger partial charge in [0.05, 0.1) is 18.8 Å². The Hall–Kier alpha value is -3.38. The second-order valence-corrected chi connectivity index (χ2v) is 8.38. The van der Waals surface area contributed by atoms with E-state index in [0.29, 0.717) is 12.2 Å². The second kappa shape index (κ2) is 8.04. The van der Waals surface area contributed by atoms with Crippen LogP contribution in [0.2, 0.25) is 0 Å². The van der Waals surface area contributed by atoms with E-state index in [4.69, 9.17) is 4.74 Å². The Morgan fingerprint density at radius 2 is 1.81 bits per heavy atom. The lowest BCUT2D eigenvalue weighted by molar-refractivity contribution is 0.0730. The maximum Gasteiger partial charge on any atom is 0.273 e. The maximum absolute atomic E-state index is 13.4. The maximum atomic E-state index is 13.4. The molecule has 31 heavy (non-hydrogen) atoms. The van der Waals surface area contributed by atoms with Crippen LogP contribution < -0.4 is 4.74 Å². The van der Waals surface area contributed by atoms with Crippen molar-refractivity contribution in [3.05, 3.63) is 106 Å². The number of hydrogen-bond donors (Lipinski definition) is 1. The van der Waals surface area contributed by atoms with E-state index in [1.165, 1.54) is 0 Å². The van der Waals surface area contributed by atoms with E-state index in [-0.39, 0.29) is 11.9 Å². The van der Waals surface area contributed by atoms with Crippen molar-refractivity contribution in [2.75, 3.05) is 7.11 Å². The highest BCUT2D eigenvalue weighted by atomic mass is 79.9. The first kappa shape index (κ1) is 19.6. The van der Waals surface area contributed by atoms with Gasteiger partial charge in [-0.2, -0.15) is 5.10 Å². The van der Waals surface area contributed by atoms with Crippen LogP contribution in [0, 0.1) is 0 Å². The average molecular weight is 474 g/mol. The molecule has 1 atom stereocenters. The number of aromatic nitrogens is 2. The Labute approximate surface area is 188 Å². The van der Waals surface area contributed by atoms with Crippen LogP contribution in [0.4, 0.5) is 0 Å². The number of halogens is 1. The summed E-state index contributed by atoms with van der Waals surface area (Å²) < 4.78 is 6.26. The van der Waals surface area contributed by atoms with Crippen LogP contribution in [0.25, 0.3) is 11.3 Å². The zero-order chi connectivity index (χ0) is 21.4. The van der Waals surface area contributed by atoms with Gasteiger partial charge in [0, 0.05) is 22.1 Å². The van der Waals surface area contributed by atoms with Crippen LogP contribution in [0.1, 0.15) is 33.2 Å². The van der Waals surface area contributed by atoms with E-state index in [1.54, 1.807) is 7.11 Å². The Kier molecular flexibility index (Phi) is 5.08. The molecule has 4 aromatic rings. The quantitative estimate of drug-likeness (QED) is 0.410. The molecule has 0 radical (unpaired) electrons. The predicted octanol–water partition coefficient (Wildman–Crippen LogP) is 5.59. The molecular weight excluding hydrogens is 454 g/mol. The molecule has 0 aliphatic carbocycles. The molecule has 5 nitrogen and oxygen atoms in total. The molecule has 5 rings (SSSR count). The van der Waals surface area contributed by atoms with E-state index in [2.05, 4.69) is 38.3 Å². The fourth-order valence-corrected chi connectivity index (χ4v) is 4.55. The zero-order valence-corrected chi connectivity index (χ0v) is 18.5. The summed E-state index contributed by atoms with van der Waals surface area (Å²) in [6, 6.07) is 25.7. The van der Waals surface area contributed by atoms with Crippen molar-refractivity contribution in [2.45, 2.75) is 12.6 Å². The monoisotopic (exact) mass is 473 g/mol. The van der Waals surface area contributed by atoms with Crippen LogP contribution in [-0.4, -0.2) is 28.1 Å². The van der Waals surface area contributed by atoms with Gasteiger partial charge in [-0.15, -0.1) is 0 Å². The van der Waals surface area contributed by atoms with Crippen LogP contribution in [0.3, 0.4) is 0 Å². The van der Waals surface area contributed by atoms with Crippen molar-refractivity contribution in [1.29, 1.82) is 0 Å². The predicted molar refractivity (Wildman–Crippen MR) is 123 cm³/mol. The SMILES string of the molecule is COc1ccc(-c2n[nH]c3c2C(c2cccc(Br)c2)N(Cc2ccccc2)C3=O)cc1. The molecule has 1 aliphatic heterocycles. The van der Waals surface area contributed by atoms with Gasteiger partial charge in [0.2, 0.25) is 0 Å². The molecule has 154 valence electrons. The number of nitrogens with zero attached hydrogens (tertiary/aromatic N) is 2. The lowest BCUT2D eigenvalue weighted by Crippen LogP contribution is -2.29. The summed E-state index contributed by atoms with van der Waals surface area (Å²) >= 11 is 3.58. The van der Waals surface area contributed by atoms with Gasteiger partial charge < -0.3 is 9.64 Å². The Balaban J connectivity index is 1.64. The summed E-state index contributed by atoms with van der Waals surface area (Å²) in [6.45, 7) is 0.515. The highest BCUT2D eigenvalue weighted by molar-refractivity contribution is 9.10. The van der Waals surface area contributed by atoms with Gasteiger partial charge in [0.15, 0.2) is 0 Å². The van der Waals surface area contributed by atoms with Gasteiger partial charge in [0.25, 0.3) is 5.91 Å². The van der Waals surface area contributed by atoms with Crippen LogP contribution in [0.15, 0.2) is 83.3 Å². The van der Waals surface area contributed by atoms with E-state index < -0.39 is 0 Å². The molecule has 3 aromatic carbocycles. The molecule has 1 unspecified atom stereocenters. The molecule has 0 fully saturated rings. The van der Waals surface area contributed by atoms with E-state index in [1.807, 2.05) is 71.6 Å². The highest BCUT2D eigenvalue weighted by Crippen LogP contribution is 2.44. The molecule has 1 N–H and O–H groups in total. The van der Waals surface area contributed by atoms with Gasteiger partial charge in [-0.25, -0.2) is 0 Å². The largest absolute Gasteiger partial charge is 0.497 e. The average Bonchev–Trinajstić information content (AvgIpc) is 3.34. The number of H-pyrrole nitrogens is 1. The summed E-state index contributed by atoms with van der Waals surface area (Å²) in [7, 11) is 1.64. The van der Waals surface area contributed by atoms with Crippen molar-refractivity contribution >= 4 is 21.8 Å². The molecule has 0 saturated heterocycles. The molecule has 0 bridgehead atoms. The fraction of sp³-hybridized carbons (Fsp3) is 0.120. The topological polar surface area (TPSA) is 58.2 Å². The minimum absolute atomic E-state index is 0.0453. The molecule has 1 amide bonds. The smallest absolute Gasteiger partial charge is 0.273 e. The number of ether oxygens (including phenoxy) is 1. The van der Waals surface area contributed by atoms with Gasteiger partial charge in [-0.1, -0.05) is 58.4 Å². The number of nitrogens with one attached hydrogen (secondary N) is 1. The minimum Gasteiger partial charge on any atom is -0.497 e. The zero-order valence-electron chi connectivity index (χ0n) is 16.9. The number of fused-ring (bicyclic) bond motifs is 1. The Bertz CT molecular complexity index is 1240. The van der Waals surface area contributed by atoms with Gasteiger partial charge in [-0.3, -0.25) is 9.89 Å². The van der Waals surface area contributed by atoms with Gasteiger partial charge in [0.1, 0.15) is 11.4 Å². The highest BCUT2D eigenvalue weighted by Gasteiger charge is 2.42.